The summed E-state index contributed by atoms with van der Waals surface area (Å²) in [5.74, 6) is 1.50. The van der Waals surface area contributed by atoms with Crippen LogP contribution in [0.2, 0.25) is 0 Å². The highest BCUT2D eigenvalue weighted by Crippen LogP contribution is 2.43. The predicted octanol–water partition coefficient (Wildman–Crippen LogP) is 2.30. The Bertz CT molecular complexity index is 1080. The maximum Gasteiger partial charge on any atom is 0.240 e. The second-order valence-electron chi connectivity index (χ2n) is 8.10. The van der Waals surface area contributed by atoms with E-state index in [4.69, 9.17) is 15.7 Å². The largest absolute Gasteiger partial charge is 0.391 e. The molecule has 0 radical (unpaired) electrons. The number of nitrogens with zero attached hydrogens (tertiary/aromatic N) is 4. The molecular weight excluding hydrogens is 386 g/mol. The number of β-amino-alcohol motifs (C(OH)–C–C–N with tert-alkyl or cyclic N) is 1. The molecule has 7 nitrogen and oxygen atoms in total. The number of aryl methyl sites for hydroxylation is 1. The maximum absolute atomic E-state index is 12.1. The number of fused-ring (bicyclic) bond motifs is 3. The average Bonchev–Trinajstić information content (AvgIpc) is 3.27. The minimum Gasteiger partial charge on any atom is -0.391 e. The van der Waals surface area contributed by atoms with Gasteiger partial charge in [0.2, 0.25) is 5.91 Å². The summed E-state index contributed by atoms with van der Waals surface area (Å²) in [6.45, 7) is 2.62. The van der Waals surface area contributed by atoms with E-state index in [0.29, 0.717) is 30.5 Å². The van der Waals surface area contributed by atoms with E-state index in [1.165, 1.54) is 10.4 Å². The number of hydrogen-bond acceptors (Lipinski definition) is 7. The summed E-state index contributed by atoms with van der Waals surface area (Å²) in [6, 6.07) is 3.22. The van der Waals surface area contributed by atoms with E-state index in [1.54, 1.807) is 23.7 Å². The van der Waals surface area contributed by atoms with Crippen LogP contribution in [0.1, 0.15) is 30.2 Å². The van der Waals surface area contributed by atoms with Gasteiger partial charge in [0.25, 0.3) is 0 Å². The first-order chi connectivity index (χ1) is 14.0. The lowest BCUT2D eigenvalue weighted by atomic mass is 9.89. The molecule has 3 aromatic heterocycles. The Labute approximate surface area is 172 Å². The van der Waals surface area contributed by atoms with Gasteiger partial charge in [-0.25, -0.2) is 9.97 Å². The first-order valence-corrected chi connectivity index (χ1v) is 10.8. The fourth-order valence-electron chi connectivity index (χ4n) is 4.47. The molecule has 0 unspecified atom stereocenters. The normalized spacial score (nSPS) is 24.1. The van der Waals surface area contributed by atoms with Crippen molar-refractivity contribution < 1.29 is 9.90 Å². The molecule has 3 N–H and O–H groups in total. The molecule has 0 bridgehead atoms. The number of nitrogens with two attached hydrogens (primary N) is 1. The van der Waals surface area contributed by atoms with Gasteiger partial charge in [-0.2, -0.15) is 0 Å². The topological polar surface area (TPSA) is 105 Å². The summed E-state index contributed by atoms with van der Waals surface area (Å²) in [5, 5.41) is 11.3. The van der Waals surface area contributed by atoms with E-state index in [0.717, 1.165) is 35.0 Å². The minimum atomic E-state index is -0.603. The van der Waals surface area contributed by atoms with E-state index in [-0.39, 0.29) is 0 Å². The molecule has 2 aliphatic rings. The van der Waals surface area contributed by atoms with Gasteiger partial charge in [0.1, 0.15) is 16.7 Å². The highest BCUT2D eigenvalue weighted by atomic mass is 32.1. The fourth-order valence-corrected chi connectivity index (χ4v) is 5.85. The second-order valence-corrected chi connectivity index (χ2v) is 9.19. The lowest BCUT2D eigenvalue weighted by Crippen LogP contribution is -2.41. The molecule has 1 fully saturated rings. The number of amides is 1. The zero-order valence-corrected chi connectivity index (χ0v) is 17.0. The smallest absolute Gasteiger partial charge is 0.240 e. The number of pyridine rings is 1. The molecule has 0 saturated carbocycles. The molecule has 3 atom stereocenters. The van der Waals surface area contributed by atoms with Crippen molar-refractivity contribution in [1.29, 1.82) is 0 Å². The lowest BCUT2D eigenvalue weighted by molar-refractivity contribution is -0.119. The summed E-state index contributed by atoms with van der Waals surface area (Å²) in [7, 11) is 0. The van der Waals surface area contributed by atoms with Crippen molar-refractivity contribution in [3.8, 4) is 11.4 Å². The Kier molecular flexibility index (Phi) is 4.48. The molecule has 0 aromatic carbocycles. The first kappa shape index (κ1) is 18.4. The standard InChI is InChI=1S/C21H23N5O2S/c1-11-4-5-14-16(7-11)29-21-17(14)20(26-10-13(27)8-15(26)18(22)28)24-19(25-21)12-3-2-6-23-9-12/h2-3,6,9,11,13,15,27H,4-5,7-8,10H2,1H3,(H2,22,28)/t11-,13-,15+/m1/s1. The van der Waals surface area contributed by atoms with Gasteiger partial charge >= 0.3 is 0 Å². The molecule has 1 saturated heterocycles. The lowest BCUT2D eigenvalue weighted by Gasteiger charge is -2.25. The summed E-state index contributed by atoms with van der Waals surface area (Å²) >= 11 is 1.72. The molecular formula is C21H23N5O2S. The first-order valence-electron chi connectivity index (χ1n) is 9.98. The number of thiophene rings is 1. The highest BCUT2D eigenvalue weighted by Gasteiger charge is 2.38. The van der Waals surface area contributed by atoms with Crippen molar-refractivity contribution in [2.24, 2.45) is 11.7 Å². The van der Waals surface area contributed by atoms with E-state index < -0.39 is 18.1 Å². The van der Waals surface area contributed by atoms with Crippen molar-refractivity contribution in [2.45, 2.75) is 44.8 Å². The quantitative estimate of drug-likeness (QED) is 0.688. The number of hydrogen-bond donors (Lipinski definition) is 2. The second kappa shape index (κ2) is 7.03. The summed E-state index contributed by atoms with van der Waals surface area (Å²) in [5.41, 5.74) is 7.79. The monoisotopic (exact) mass is 409 g/mol. The Balaban J connectivity index is 1.74. The molecule has 1 aliphatic carbocycles. The number of anilines is 1. The predicted molar refractivity (Wildman–Crippen MR) is 113 cm³/mol. The highest BCUT2D eigenvalue weighted by molar-refractivity contribution is 7.19. The number of aromatic nitrogens is 3. The fraction of sp³-hybridized carbons (Fsp3) is 0.429. The summed E-state index contributed by atoms with van der Waals surface area (Å²) < 4.78 is 0. The SMILES string of the molecule is C[C@@H]1CCc2c(sc3nc(-c4cccnc4)nc(N4C[C@H](O)C[C@H]4C(N)=O)c23)C1. The van der Waals surface area contributed by atoms with Crippen molar-refractivity contribution in [3.05, 3.63) is 35.0 Å². The van der Waals surface area contributed by atoms with Gasteiger partial charge in [0, 0.05) is 35.8 Å². The third-order valence-electron chi connectivity index (χ3n) is 5.94. The van der Waals surface area contributed by atoms with E-state index in [2.05, 4.69) is 11.9 Å². The van der Waals surface area contributed by atoms with Gasteiger partial charge in [-0.15, -0.1) is 11.3 Å². The third kappa shape index (κ3) is 3.16. The molecule has 150 valence electrons. The van der Waals surface area contributed by atoms with Gasteiger partial charge in [0.05, 0.1) is 11.5 Å². The number of aliphatic hydroxyl groups excluding tert-OH is 1. The summed E-state index contributed by atoms with van der Waals surface area (Å²) in [6.07, 6.45) is 6.33. The number of rotatable bonds is 3. The number of primary amides is 1. The average molecular weight is 410 g/mol. The van der Waals surface area contributed by atoms with Crippen molar-refractivity contribution in [2.75, 3.05) is 11.4 Å². The van der Waals surface area contributed by atoms with Crippen LogP contribution in [0.15, 0.2) is 24.5 Å². The van der Waals surface area contributed by atoms with Gasteiger partial charge in [-0.1, -0.05) is 6.92 Å². The Morgan fingerprint density at radius 3 is 3.00 bits per heavy atom. The van der Waals surface area contributed by atoms with Crippen LogP contribution in [0.5, 0.6) is 0 Å². The van der Waals surface area contributed by atoms with Crippen LogP contribution in [-0.2, 0) is 17.6 Å². The van der Waals surface area contributed by atoms with E-state index >= 15 is 0 Å². The van der Waals surface area contributed by atoms with E-state index in [9.17, 15) is 9.90 Å². The van der Waals surface area contributed by atoms with Crippen molar-refractivity contribution in [1.82, 2.24) is 15.0 Å². The molecule has 0 spiro atoms. The van der Waals surface area contributed by atoms with Crippen LogP contribution in [0.4, 0.5) is 5.82 Å². The Morgan fingerprint density at radius 2 is 2.24 bits per heavy atom. The van der Waals surface area contributed by atoms with Crippen molar-refractivity contribution >= 4 is 33.3 Å². The molecule has 8 heteroatoms. The maximum atomic E-state index is 12.1. The van der Waals surface area contributed by atoms with Crippen LogP contribution in [0, 0.1) is 5.92 Å². The molecule has 1 aliphatic heterocycles. The van der Waals surface area contributed by atoms with Crippen LogP contribution in [0.3, 0.4) is 0 Å². The van der Waals surface area contributed by atoms with E-state index in [1.807, 2.05) is 17.0 Å². The number of aliphatic hydroxyl groups is 1. The Hall–Kier alpha value is -2.58. The zero-order chi connectivity index (χ0) is 20.1. The third-order valence-corrected chi connectivity index (χ3v) is 7.08. The molecule has 4 heterocycles. The number of carbonyl (C=O) groups excluding carboxylic acids is 1. The summed E-state index contributed by atoms with van der Waals surface area (Å²) in [4.78, 5) is 30.2. The molecule has 5 rings (SSSR count). The van der Waals surface area contributed by atoms with Gasteiger partial charge < -0.3 is 15.7 Å². The van der Waals surface area contributed by atoms with Crippen LogP contribution in [-0.4, -0.2) is 44.7 Å². The molecule has 1 amide bonds. The molecule has 3 aromatic rings. The van der Waals surface area contributed by atoms with Crippen LogP contribution >= 0.6 is 11.3 Å². The number of carbonyl (C=O) groups is 1. The Morgan fingerprint density at radius 1 is 1.38 bits per heavy atom. The van der Waals surface area contributed by atoms with Crippen LogP contribution in [0.25, 0.3) is 21.6 Å². The van der Waals surface area contributed by atoms with Gasteiger partial charge in [-0.3, -0.25) is 9.78 Å². The molecule has 29 heavy (non-hydrogen) atoms. The zero-order valence-electron chi connectivity index (χ0n) is 16.2. The van der Waals surface area contributed by atoms with Crippen LogP contribution < -0.4 is 10.6 Å². The van der Waals surface area contributed by atoms with Gasteiger partial charge in [-0.05, 0) is 42.9 Å². The minimum absolute atomic E-state index is 0.326. The van der Waals surface area contributed by atoms with Gasteiger partial charge in [0.15, 0.2) is 5.82 Å². The van der Waals surface area contributed by atoms with Crippen molar-refractivity contribution in [3.63, 3.8) is 0 Å².